The van der Waals surface area contributed by atoms with Crippen LogP contribution in [0.25, 0.3) is 15.7 Å². The summed E-state index contributed by atoms with van der Waals surface area (Å²) in [7, 11) is 1.69. The average Bonchev–Trinajstić information content (AvgIpc) is 3.12. The minimum Gasteiger partial charge on any atom is -0.495 e. The number of methoxy groups -OCH3 is 1. The van der Waals surface area contributed by atoms with E-state index in [1.165, 1.54) is 0 Å². The van der Waals surface area contributed by atoms with E-state index in [1.54, 1.807) is 24.8 Å². The smallest absolute Gasteiger partial charge is 0.150 e. The Morgan fingerprint density at radius 1 is 1.41 bits per heavy atom. The van der Waals surface area contributed by atoms with E-state index in [2.05, 4.69) is 37.6 Å². The Kier molecular flexibility index (Phi) is 3.12. The zero-order chi connectivity index (χ0) is 15.3. The van der Waals surface area contributed by atoms with Crippen LogP contribution in [0.4, 0.5) is 0 Å². The number of benzene rings is 1. The third-order valence-corrected chi connectivity index (χ3v) is 5.64. The molecule has 112 valence electrons. The standard InChI is InChI=1S/C15H13BrN4OS/c1-21-10-3-2-9(16)7-4-11(22-13(7)10)8-5-18-15-12(8)14(17)19-6-20-15/h2-6,15,18H,17H2,1H3,(H,19,20)/t15-/m0/s1. The van der Waals surface area contributed by atoms with Crippen LogP contribution in [0.15, 0.2) is 45.3 Å². The molecule has 7 heteroatoms. The van der Waals surface area contributed by atoms with Crippen molar-refractivity contribution in [1.82, 2.24) is 10.6 Å². The Hall–Kier alpha value is -1.99. The highest BCUT2D eigenvalue weighted by Crippen LogP contribution is 2.43. The van der Waals surface area contributed by atoms with E-state index in [1.807, 2.05) is 18.3 Å². The van der Waals surface area contributed by atoms with Crippen LogP contribution in [-0.4, -0.2) is 19.6 Å². The molecule has 2 aliphatic rings. The largest absolute Gasteiger partial charge is 0.495 e. The van der Waals surface area contributed by atoms with Crippen LogP contribution < -0.4 is 21.1 Å². The van der Waals surface area contributed by atoms with Crippen molar-refractivity contribution in [3.63, 3.8) is 0 Å². The number of ether oxygens (including phenoxy) is 1. The van der Waals surface area contributed by atoms with Crippen LogP contribution in [-0.2, 0) is 0 Å². The lowest BCUT2D eigenvalue weighted by atomic mass is 10.0. The predicted octanol–water partition coefficient (Wildman–Crippen LogP) is 2.74. The molecule has 0 amide bonds. The topological polar surface area (TPSA) is 71.7 Å². The van der Waals surface area contributed by atoms with Gasteiger partial charge in [-0.1, -0.05) is 15.9 Å². The van der Waals surface area contributed by atoms with Gasteiger partial charge in [-0.3, -0.25) is 0 Å². The summed E-state index contributed by atoms with van der Waals surface area (Å²) >= 11 is 5.29. The van der Waals surface area contributed by atoms with Gasteiger partial charge in [0.25, 0.3) is 0 Å². The Balaban J connectivity index is 1.87. The summed E-state index contributed by atoms with van der Waals surface area (Å²) < 4.78 is 7.63. The Morgan fingerprint density at radius 2 is 2.27 bits per heavy atom. The Bertz CT molecular complexity index is 868. The lowest BCUT2D eigenvalue weighted by Crippen LogP contribution is -2.32. The first-order valence-corrected chi connectivity index (χ1v) is 8.31. The summed E-state index contributed by atoms with van der Waals surface area (Å²) in [5, 5.41) is 7.36. The molecule has 0 saturated heterocycles. The first-order chi connectivity index (χ1) is 10.7. The van der Waals surface area contributed by atoms with Gasteiger partial charge in [0.1, 0.15) is 17.7 Å². The molecule has 0 fully saturated rings. The summed E-state index contributed by atoms with van der Waals surface area (Å²) in [6.45, 7) is 0. The molecule has 0 radical (unpaired) electrons. The van der Waals surface area contributed by atoms with Crippen molar-refractivity contribution in [3.05, 3.63) is 45.1 Å². The minimum absolute atomic E-state index is 0.105. The number of nitrogens with one attached hydrogen (secondary N) is 2. The molecule has 0 spiro atoms. The molecule has 1 atom stereocenters. The van der Waals surface area contributed by atoms with Gasteiger partial charge in [-0.15, -0.1) is 11.3 Å². The van der Waals surface area contributed by atoms with Crippen molar-refractivity contribution in [2.75, 3.05) is 7.11 Å². The molecule has 4 rings (SSSR count). The Labute approximate surface area is 139 Å². The molecule has 3 heterocycles. The average molecular weight is 377 g/mol. The van der Waals surface area contributed by atoms with E-state index in [-0.39, 0.29) is 6.17 Å². The van der Waals surface area contributed by atoms with Crippen LogP contribution in [0.2, 0.25) is 0 Å². The van der Waals surface area contributed by atoms with Gasteiger partial charge >= 0.3 is 0 Å². The van der Waals surface area contributed by atoms with Crippen LogP contribution in [0.1, 0.15) is 4.88 Å². The summed E-state index contributed by atoms with van der Waals surface area (Å²) in [5.74, 6) is 1.51. The predicted molar refractivity (Wildman–Crippen MR) is 93.8 cm³/mol. The summed E-state index contributed by atoms with van der Waals surface area (Å²) in [6.07, 6.45) is 3.49. The highest BCUT2D eigenvalue weighted by atomic mass is 79.9. The SMILES string of the molecule is COc1ccc(Br)c2cc(C3=CN[C@H]4N=CNC(N)=C34)sc12. The van der Waals surface area contributed by atoms with Crippen molar-refractivity contribution in [2.24, 2.45) is 10.7 Å². The van der Waals surface area contributed by atoms with E-state index in [4.69, 9.17) is 10.5 Å². The van der Waals surface area contributed by atoms with Crippen molar-refractivity contribution < 1.29 is 4.74 Å². The van der Waals surface area contributed by atoms with Gasteiger partial charge < -0.3 is 21.1 Å². The molecule has 22 heavy (non-hydrogen) atoms. The van der Waals surface area contributed by atoms with E-state index >= 15 is 0 Å². The van der Waals surface area contributed by atoms with Crippen LogP contribution >= 0.6 is 27.3 Å². The van der Waals surface area contributed by atoms with Gasteiger partial charge in [0.2, 0.25) is 0 Å². The second-order valence-electron chi connectivity index (χ2n) is 4.98. The first-order valence-electron chi connectivity index (χ1n) is 6.70. The third kappa shape index (κ3) is 1.93. The fraction of sp³-hybridized carbons (Fsp3) is 0.133. The maximum Gasteiger partial charge on any atom is 0.150 e. The molecule has 5 nitrogen and oxygen atoms in total. The number of halogens is 1. The third-order valence-electron chi connectivity index (χ3n) is 3.76. The number of fused-ring (bicyclic) bond motifs is 2. The number of nitrogens with zero attached hydrogens (tertiary/aromatic N) is 1. The van der Waals surface area contributed by atoms with Crippen molar-refractivity contribution in [1.29, 1.82) is 0 Å². The highest BCUT2D eigenvalue weighted by Gasteiger charge is 2.29. The molecule has 0 bridgehead atoms. The molecule has 1 aromatic heterocycles. The number of nitrogens with two attached hydrogens (primary N) is 1. The van der Waals surface area contributed by atoms with Crippen LogP contribution in [0.3, 0.4) is 0 Å². The number of rotatable bonds is 2. The molecule has 1 aromatic carbocycles. The van der Waals surface area contributed by atoms with Gasteiger partial charge in [-0.05, 0) is 18.2 Å². The quantitative estimate of drug-likeness (QED) is 0.753. The second kappa shape index (κ2) is 5.03. The minimum atomic E-state index is -0.105. The highest BCUT2D eigenvalue weighted by molar-refractivity contribution is 9.10. The van der Waals surface area contributed by atoms with E-state index < -0.39 is 0 Å². The van der Waals surface area contributed by atoms with Crippen molar-refractivity contribution in [2.45, 2.75) is 6.17 Å². The summed E-state index contributed by atoms with van der Waals surface area (Å²) in [4.78, 5) is 5.49. The maximum atomic E-state index is 6.09. The van der Waals surface area contributed by atoms with Gasteiger partial charge in [0.05, 0.1) is 18.1 Å². The molecule has 0 aliphatic carbocycles. The number of hydrogen-bond acceptors (Lipinski definition) is 6. The molecule has 2 aliphatic heterocycles. The lowest BCUT2D eigenvalue weighted by molar-refractivity contribution is 0.420. The van der Waals surface area contributed by atoms with E-state index in [9.17, 15) is 0 Å². The van der Waals surface area contributed by atoms with Gasteiger partial charge in [0, 0.05) is 32.1 Å². The fourth-order valence-corrected chi connectivity index (χ4v) is 4.49. The van der Waals surface area contributed by atoms with E-state index in [0.717, 1.165) is 36.3 Å². The monoisotopic (exact) mass is 376 g/mol. The fourth-order valence-electron chi connectivity index (χ4n) is 2.70. The van der Waals surface area contributed by atoms with Gasteiger partial charge in [0.15, 0.2) is 0 Å². The molecular formula is C15H13BrN4OS. The zero-order valence-electron chi connectivity index (χ0n) is 11.7. The molecule has 0 saturated carbocycles. The molecule has 0 unspecified atom stereocenters. The number of thiophene rings is 1. The van der Waals surface area contributed by atoms with Crippen molar-refractivity contribution >= 4 is 49.3 Å². The van der Waals surface area contributed by atoms with Crippen molar-refractivity contribution in [3.8, 4) is 5.75 Å². The van der Waals surface area contributed by atoms with E-state index in [0.29, 0.717) is 5.82 Å². The normalized spacial score (nSPS) is 19.7. The van der Waals surface area contributed by atoms with Crippen LogP contribution in [0, 0.1) is 0 Å². The molecule has 2 aromatic rings. The number of aliphatic imine (C=N–C) groups is 1. The molecular weight excluding hydrogens is 364 g/mol. The summed E-state index contributed by atoms with van der Waals surface area (Å²) in [5.41, 5.74) is 8.16. The second-order valence-corrected chi connectivity index (χ2v) is 6.89. The maximum absolute atomic E-state index is 6.09. The van der Waals surface area contributed by atoms with Gasteiger partial charge in [-0.2, -0.15) is 0 Å². The van der Waals surface area contributed by atoms with Gasteiger partial charge in [-0.25, -0.2) is 4.99 Å². The van der Waals surface area contributed by atoms with Crippen LogP contribution in [0.5, 0.6) is 5.75 Å². The Morgan fingerprint density at radius 3 is 3.09 bits per heavy atom. The first kappa shape index (κ1) is 13.7. The zero-order valence-corrected chi connectivity index (χ0v) is 14.1. The lowest BCUT2D eigenvalue weighted by Gasteiger charge is -2.17. The molecule has 4 N–H and O–H groups in total. The number of hydrogen-bond donors (Lipinski definition) is 3. The summed E-state index contributed by atoms with van der Waals surface area (Å²) in [6, 6.07) is 6.12.